The van der Waals surface area contributed by atoms with Gasteiger partial charge in [-0.3, -0.25) is 14.3 Å². The third kappa shape index (κ3) is 3.04. The van der Waals surface area contributed by atoms with Gasteiger partial charge < -0.3 is 16.4 Å². The molecule has 0 aliphatic carbocycles. The molecule has 2 amide bonds. The minimum Gasteiger partial charge on any atom is -0.368 e. The van der Waals surface area contributed by atoms with Gasteiger partial charge >= 0.3 is 0 Å². The zero-order valence-electron chi connectivity index (χ0n) is 9.35. The second-order valence-corrected chi connectivity index (χ2v) is 4.07. The Hall–Kier alpha value is -1.89. The summed E-state index contributed by atoms with van der Waals surface area (Å²) in [6.07, 6.45) is 3.94. The van der Waals surface area contributed by atoms with E-state index in [0.29, 0.717) is 12.2 Å². The molecule has 1 aliphatic heterocycles. The molecule has 17 heavy (non-hydrogen) atoms. The van der Waals surface area contributed by atoms with Gasteiger partial charge in [-0.25, -0.2) is 0 Å². The molecule has 2 rings (SSSR count). The Balaban J connectivity index is 1.91. The molecule has 7 nitrogen and oxygen atoms in total. The van der Waals surface area contributed by atoms with Gasteiger partial charge in [-0.15, -0.1) is 0 Å². The van der Waals surface area contributed by atoms with Gasteiger partial charge in [0.15, 0.2) is 0 Å². The van der Waals surface area contributed by atoms with Gasteiger partial charge in [-0.05, 0) is 13.0 Å². The third-order valence-corrected chi connectivity index (χ3v) is 2.65. The van der Waals surface area contributed by atoms with Crippen molar-refractivity contribution < 1.29 is 9.59 Å². The molecule has 2 heterocycles. The Morgan fingerprint density at radius 3 is 3.12 bits per heavy atom. The average molecular weight is 237 g/mol. The van der Waals surface area contributed by atoms with E-state index in [9.17, 15) is 9.59 Å². The van der Waals surface area contributed by atoms with Crippen LogP contribution in [0.4, 0.5) is 5.69 Å². The highest BCUT2D eigenvalue weighted by Gasteiger charge is 2.22. The van der Waals surface area contributed by atoms with Crippen LogP contribution >= 0.6 is 0 Å². The van der Waals surface area contributed by atoms with Crippen molar-refractivity contribution >= 4 is 17.5 Å². The van der Waals surface area contributed by atoms with Crippen molar-refractivity contribution in [2.75, 3.05) is 18.4 Å². The summed E-state index contributed by atoms with van der Waals surface area (Å²) in [6.45, 7) is 1.60. The van der Waals surface area contributed by atoms with E-state index in [4.69, 9.17) is 5.73 Å². The van der Waals surface area contributed by atoms with Crippen LogP contribution in [0.15, 0.2) is 12.4 Å². The number of hydrogen-bond acceptors (Lipinski definition) is 4. The van der Waals surface area contributed by atoms with E-state index in [0.717, 1.165) is 13.0 Å². The number of amides is 2. The quantitative estimate of drug-likeness (QED) is 0.619. The van der Waals surface area contributed by atoms with E-state index in [1.54, 1.807) is 6.20 Å². The molecule has 1 aromatic heterocycles. The lowest BCUT2D eigenvalue weighted by Crippen LogP contribution is -2.24. The first-order valence-corrected chi connectivity index (χ1v) is 5.47. The number of anilines is 1. The molecule has 1 aliphatic rings. The minimum atomic E-state index is -0.467. The molecular weight excluding hydrogens is 222 g/mol. The van der Waals surface area contributed by atoms with Crippen molar-refractivity contribution in [3.63, 3.8) is 0 Å². The number of nitrogens with two attached hydrogens (primary N) is 1. The normalized spacial score (nSPS) is 19.2. The molecule has 1 saturated heterocycles. The van der Waals surface area contributed by atoms with Crippen molar-refractivity contribution in [2.45, 2.75) is 13.0 Å². The zero-order valence-corrected chi connectivity index (χ0v) is 9.35. The molecule has 0 bridgehead atoms. The van der Waals surface area contributed by atoms with E-state index in [1.165, 1.54) is 10.9 Å². The average Bonchev–Trinajstić information content (AvgIpc) is 2.87. The van der Waals surface area contributed by atoms with Crippen molar-refractivity contribution in [3.05, 3.63) is 12.4 Å². The monoisotopic (exact) mass is 237 g/mol. The fourth-order valence-electron chi connectivity index (χ4n) is 1.80. The summed E-state index contributed by atoms with van der Waals surface area (Å²) >= 11 is 0. The van der Waals surface area contributed by atoms with E-state index in [2.05, 4.69) is 15.7 Å². The second kappa shape index (κ2) is 4.96. The lowest BCUT2D eigenvalue weighted by atomic mass is 10.1. The van der Waals surface area contributed by atoms with Crippen molar-refractivity contribution in [2.24, 2.45) is 11.7 Å². The number of nitrogens with one attached hydrogen (secondary N) is 2. The molecule has 7 heteroatoms. The van der Waals surface area contributed by atoms with Crippen LogP contribution in [-0.4, -0.2) is 34.7 Å². The first kappa shape index (κ1) is 11.6. The minimum absolute atomic E-state index is 0.00879. The van der Waals surface area contributed by atoms with E-state index in [1.807, 2.05) is 0 Å². The number of hydrogen-bond donors (Lipinski definition) is 3. The van der Waals surface area contributed by atoms with Gasteiger partial charge in [0.05, 0.1) is 17.8 Å². The maximum absolute atomic E-state index is 11.8. The van der Waals surface area contributed by atoms with Crippen molar-refractivity contribution in [1.29, 1.82) is 0 Å². The van der Waals surface area contributed by atoms with Gasteiger partial charge in [-0.1, -0.05) is 0 Å². The van der Waals surface area contributed by atoms with Crippen LogP contribution in [0.3, 0.4) is 0 Å². The molecule has 0 radical (unpaired) electrons. The summed E-state index contributed by atoms with van der Waals surface area (Å²) in [5, 5.41) is 9.81. The van der Waals surface area contributed by atoms with E-state index >= 15 is 0 Å². The molecule has 92 valence electrons. The lowest BCUT2D eigenvalue weighted by molar-refractivity contribution is -0.119. The Labute approximate surface area is 98.4 Å². The van der Waals surface area contributed by atoms with Crippen LogP contribution in [-0.2, 0) is 16.1 Å². The van der Waals surface area contributed by atoms with E-state index < -0.39 is 5.91 Å². The topological polar surface area (TPSA) is 102 Å². The summed E-state index contributed by atoms with van der Waals surface area (Å²) in [6, 6.07) is 0. The fourth-order valence-corrected chi connectivity index (χ4v) is 1.80. The van der Waals surface area contributed by atoms with Gasteiger partial charge in [0.2, 0.25) is 11.8 Å². The highest BCUT2D eigenvalue weighted by Crippen LogP contribution is 2.12. The smallest absolute Gasteiger partial charge is 0.239 e. The summed E-state index contributed by atoms with van der Waals surface area (Å²) in [5.41, 5.74) is 5.63. The zero-order chi connectivity index (χ0) is 12.3. The molecule has 0 saturated carbocycles. The van der Waals surface area contributed by atoms with Crippen LogP contribution in [0, 0.1) is 5.92 Å². The molecule has 4 N–H and O–H groups in total. The maximum atomic E-state index is 11.8. The molecule has 1 atom stereocenters. The number of rotatable bonds is 4. The number of nitrogens with zero attached hydrogens (tertiary/aromatic N) is 2. The molecule has 1 fully saturated rings. The Morgan fingerprint density at radius 2 is 2.47 bits per heavy atom. The highest BCUT2D eigenvalue weighted by atomic mass is 16.2. The van der Waals surface area contributed by atoms with Crippen molar-refractivity contribution in [1.82, 2.24) is 15.1 Å². The Kier molecular flexibility index (Phi) is 3.38. The maximum Gasteiger partial charge on any atom is 0.239 e. The van der Waals surface area contributed by atoms with Gasteiger partial charge in [0.25, 0.3) is 0 Å². The Morgan fingerprint density at radius 1 is 1.65 bits per heavy atom. The van der Waals surface area contributed by atoms with Crippen LogP contribution in [0.2, 0.25) is 0 Å². The summed E-state index contributed by atoms with van der Waals surface area (Å²) in [4.78, 5) is 22.4. The number of carbonyl (C=O) groups excluding carboxylic acids is 2. The Bertz CT molecular complexity index is 422. The summed E-state index contributed by atoms with van der Waals surface area (Å²) in [7, 11) is 0. The first-order chi connectivity index (χ1) is 8.15. The van der Waals surface area contributed by atoms with Crippen LogP contribution < -0.4 is 16.4 Å². The second-order valence-electron chi connectivity index (χ2n) is 4.07. The van der Waals surface area contributed by atoms with Crippen LogP contribution in [0.1, 0.15) is 6.42 Å². The SMILES string of the molecule is NC(=O)Cn1cc(NC(=O)C2CCNC2)cn1. The molecule has 1 aromatic rings. The van der Waals surface area contributed by atoms with Crippen LogP contribution in [0.25, 0.3) is 0 Å². The van der Waals surface area contributed by atoms with Gasteiger partial charge in [0.1, 0.15) is 6.54 Å². The summed E-state index contributed by atoms with van der Waals surface area (Å²) in [5.74, 6) is -0.478. The lowest BCUT2D eigenvalue weighted by Gasteiger charge is -2.07. The number of primary amides is 1. The van der Waals surface area contributed by atoms with Crippen molar-refractivity contribution in [3.8, 4) is 0 Å². The fraction of sp³-hybridized carbons (Fsp3) is 0.500. The predicted octanol–water partition coefficient (Wildman–Crippen LogP) is -1.08. The summed E-state index contributed by atoms with van der Waals surface area (Å²) < 4.78 is 1.39. The molecule has 1 unspecified atom stereocenters. The largest absolute Gasteiger partial charge is 0.368 e. The van der Waals surface area contributed by atoms with Gasteiger partial charge in [0, 0.05) is 12.7 Å². The highest BCUT2D eigenvalue weighted by molar-refractivity contribution is 5.92. The standard InChI is InChI=1S/C10H15N5O2/c11-9(16)6-15-5-8(4-13-15)14-10(17)7-1-2-12-3-7/h4-5,7,12H,1-3,6H2,(H2,11,16)(H,14,17). The molecule has 0 aromatic carbocycles. The first-order valence-electron chi connectivity index (χ1n) is 5.47. The number of aromatic nitrogens is 2. The van der Waals surface area contributed by atoms with Gasteiger partial charge in [-0.2, -0.15) is 5.10 Å². The van der Waals surface area contributed by atoms with E-state index in [-0.39, 0.29) is 18.4 Å². The number of carbonyl (C=O) groups is 2. The molecule has 0 spiro atoms. The van der Waals surface area contributed by atoms with Crippen LogP contribution in [0.5, 0.6) is 0 Å². The predicted molar refractivity (Wildman–Crippen MR) is 61.0 cm³/mol. The molecular formula is C10H15N5O2. The third-order valence-electron chi connectivity index (χ3n) is 2.65.